The Morgan fingerprint density at radius 3 is 2.72 bits per heavy atom. The number of amides is 1. The van der Waals surface area contributed by atoms with Crippen molar-refractivity contribution >= 4 is 17.1 Å². The van der Waals surface area contributed by atoms with E-state index in [9.17, 15) is 14.4 Å². The molecule has 3 rings (SSSR count). The summed E-state index contributed by atoms with van der Waals surface area (Å²) in [7, 11) is 1.50. The third-order valence-electron chi connectivity index (χ3n) is 4.61. The van der Waals surface area contributed by atoms with E-state index in [1.54, 1.807) is 18.3 Å². The maximum absolute atomic E-state index is 12.3. The fourth-order valence-electron chi connectivity index (χ4n) is 3.22. The molecule has 8 heteroatoms. The molecule has 8 nitrogen and oxygen atoms in total. The molecule has 2 aromatic heterocycles. The Morgan fingerprint density at radius 2 is 1.96 bits per heavy atom. The molecule has 1 fully saturated rings. The van der Waals surface area contributed by atoms with Crippen molar-refractivity contribution in [3.8, 4) is 0 Å². The van der Waals surface area contributed by atoms with Gasteiger partial charge in [-0.15, -0.1) is 0 Å². The Kier molecular flexibility index (Phi) is 5.28. The molecular formula is C17H23N5O3. The van der Waals surface area contributed by atoms with Crippen LogP contribution in [0.4, 0.5) is 0 Å². The van der Waals surface area contributed by atoms with E-state index in [4.69, 9.17) is 0 Å². The van der Waals surface area contributed by atoms with Gasteiger partial charge in [-0.25, -0.2) is 4.98 Å². The lowest BCUT2D eigenvalue weighted by Crippen LogP contribution is -2.44. The lowest BCUT2D eigenvalue weighted by Gasteiger charge is -2.26. The first-order valence-corrected chi connectivity index (χ1v) is 8.61. The van der Waals surface area contributed by atoms with Gasteiger partial charge in [0.25, 0.3) is 0 Å². The molecule has 1 saturated heterocycles. The molecule has 1 N–H and O–H groups in total. The second-order valence-electron chi connectivity index (χ2n) is 6.35. The summed E-state index contributed by atoms with van der Waals surface area (Å²) in [4.78, 5) is 43.0. The number of hydrogen-bond donors (Lipinski definition) is 1. The number of nitrogens with zero attached hydrogens (tertiary/aromatic N) is 4. The summed E-state index contributed by atoms with van der Waals surface area (Å²) in [6.45, 7) is 3.30. The molecule has 1 aliphatic heterocycles. The molecule has 0 aromatic carbocycles. The van der Waals surface area contributed by atoms with E-state index in [2.05, 4.69) is 15.2 Å². The second-order valence-corrected chi connectivity index (χ2v) is 6.35. The number of carbonyl (C=O) groups is 1. The van der Waals surface area contributed by atoms with E-state index in [-0.39, 0.29) is 12.5 Å². The van der Waals surface area contributed by atoms with Crippen molar-refractivity contribution in [2.45, 2.75) is 25.8 Å². The van der Waals surface area contributed by atoms with Gasteiger partial charge in [0.2, 0.25) is 5.91 Å². The summed E-state index contributed by atoms with van der Waals surface area (Å²) in [5.74, 6) is -0.280. The fraction of sp³-hybridized carbons (Fsp3) is 0.529. The van der Waals surface area contributed by atoms with E-state index in [0.29, 0.717) is 17.7 Å². The number of pyridine rings is 1. The number of fused-ring (bicyclic) bond motifs is 1. The normalized spacial score (nSPS) is 15.4. The van der Waals surface area contributed by atoms with Crippen LogP contribution in [0.25, 0.3) is 11.2 Å². The summed E-state index contributed by atoms with van der Waals surface area (Å²) < 4.78 is 2.41. The molecule has 3 heterocycles. The van der Waals surface area contributed by atoms with E-state index in [1.807, 2.05) is 0 Å². The molecule has 25 heavy (non-hydrogen) atoms. The molecule has 0 unspecified atom stereocenters. The lowest BCUT2D eigenvalue weighted by molar-refractivity contribution is -0.121. The Morgan fingerprint density at radius 1 is 1.20 bits per heavy atom. The van der Waals surface area contributed by atoms with Crippen LogP contribution < -0.4 is 16.4 Å². The van der Waals surface area contributed by atoms with Crippen LogP contribution in [0.15, 0.2) is 27.9 Å². The topological polar surface area (TPSA) is 89.2 Å². The predicted octanol–water partition coefficient (Wildman–Crippen LogP) is -0.303. The highest BCUT2D eigenvalue weighted by Crippen LogP contribution is 2.07. The minimum Gasteiger partial charge on any atom is -0.353 e. The van der Waals surface area contributed by atoms with Crippen LogP contribution in [0.3, 0.4) is 0 Å². The summed E-state index contributed by atoms with van der Waals surface area (Å²) in [6.07, 6.45) is 5.23. The second kappa shape index (κ2) is 7.60. The van der Waals surface area contributed by atoms with Gasteiger partial charge in [0.1, 0.15) is 6.54 Å². The Hall–Kier alpha value is -2.48. The Balaban J connectivity index is 1.71. The quantitative estimate of drug-likeness (QED) is 0.752. The van der Waals surface area contributed by atoms with E-state index < -0.39 is 11.1 Å². The monoisotopic (exact) mass is 345 g/mol. The van der Waals surface area contributed by atoms with E-state index in [1.165, 1.54) is 35.4 Å². The summed E-state index contributed by atoms with van der Waals surface area (Å²) in [6, 6.07) is 3.36. The standard InChI is InChI=1S/C17H23N5O3/c1-20-15-13(6-5-7-19-15)22(17(25)16(20)24)12-14(23)18-8-11-21-9-3-2-4-10-21/h5-7H,2-4,8-12H2,1H3,(H,18,23). The van der Waals surface area contributed by atoms with Crippen LogP contribution in [0.2, 0.25) is 0 Å². The van der Waals surface area contributed by atoms with Crippen LogP contribution in [-0.4, -0.2) is 51.1 Å². The molecule has 134 valence electrons. The van der Waals surface area contributed by atoms with Gasteiger partial charge in [-0.3, -0.25) is 23.5 Å². The fourth-order valence-corrected chi connectivity index (χ4v) is 3.22. The number of carbonyl (C=O) groups excluding carboxylic acids is 1. The van der Waals surface area contributed by atoms with Crippen molar-refractivity contribution in [2.75, 3.05) is 26.2 Å². The van der Waals surface area contributed by atoms with Crippen LogP contribution in [0, 0.1) is 0 Å². The van der Waals surface area contributed by atoms with Gasteiger partial charge < -0.3 is 10.2 Å². The highest BCUT2D eigenvalue weighted by molar-refractivity contribution is 5.78. The molecule has 0 saturated carbocycles. The highest BCUT2D eigenvalue weighted by atomic mass is 16.2. The summed E-state index contributed by atoms with van der Waals surface area (Å²) in [5.41, 5.74) is -0.546. The number of aromatic nitrogens is 3. The van der Waals surface area contributed by atoms with Crippen LogP contribution >= 0.6 is 0 Å². The third kappa shape index (κ3) is 3.79. The predicted molar refractivity (Wildman–Crippen MR) is 94.5 cm³/mol. The SMILES string of the molecule is Cn1c(=O)c(=O)n(CC(=O)NCCN2CCCCC2)c2cccnc21. The molecule has 1 amide bonds. The zero-order chi connectivity index (χ0) is 17.8. The smallest absolute Gasteiger partial charge is 0.317 e. The van der Waals surface area contributed by atoms with Gasteiger partial charge in [0.15, 0.2) is 5.65 Å². The molecule has 0 atom stereocenters. The molecule has 2 aromatic rings. The van der Waals surface area contributed by atoms with Crippen molar-refractivity contribution in [3.63, 3.8) is 0 Å². The first-order chi connectivity index (χ1) is 12.1. The zero-order valence-corrected chi connectivity index (χ0v) is 14.4. The third-order valence-corrected chi connectivity index (χ3v) is 4.61. The lowest BCUT2D eigenvalue weighted by atomic mass is 10.1. The first kappa shape index (κ1) is 17.3. The highest BCUT2D eigenvalue weighted by Gasteiger charge is 2.15. The number of likely N-dealkylation sites (tertiary alicyclic amines) is 1. The number of piperidine rings is 1. The van der Waals surface area contributed by atoms with Crippen LogP contribution in [0.5, 0.6) is 0 Å². The molecule has 1 aliphatic rings. The maximum atomic E-state index is 12.3. The molecule has 0 radical (unpaired) electrons. The number of aryl methyl sites for hydroxylation is 1. The largest absolute Gasteiger partial charge is 0.353 e. The Bertz CT molecular complexity index is 880. The van der Waals surface area contributed by atoms with Crippen molar-refractivity contribution in [1.29, 1.82) is 0 Å². The maximum Gasteiger partial charge on any atom is 0.317 e. The Labute approximate surface area is 145 Å². The van der Waals surface area contributed by atoms with E-state index >= 15 is 0 Å². The number of hydrogen-bond acceptors (Lipinski definition) is 5. The number of nitrogens with one attached hydrogen (secondary N) is 1. The van der Waals surface area contributed by atoms with Crippen molar-refractivity contribution < 1.29 is 4.79 Å². The summed E-state index contributed by atoms with van der Waals surface area (Å²) in [5, 5.41) is 2.83. The first-order valence-electron chi connectivity index (χ1n) is 8.61. The summed E-state index contributed by atoms with van der Waals surface area (Å²) >= 11 is 0. The zero-order valence-electron chi connectivity index (χ0n) is 14.4. The molecule has 0 aliphatic carbocycles. The van der Waals surface area contributed by atoms with Crippen LogP contribution in [0.1, 0.15) is 19.3 Å². The van der Waals surface area contributed by atoms with Crippen molar-refractivity contribution in [2.24, 2.45) is 7.05 Å². The minimum absolute atomic E-state index is 0.183. The van der Waals surface area contributed by atoms with Crippen molar-refractivity contribution in [1.82, 2.24) is 24.3 Å². The molecule has 0 bridgehead atoms. The molecule has 0 spiro atoms. The van der Waals surface area contributed by atoms with Gasteiger partial charge in [0.05, 0.1) is 5.52 Å². The van der Waals surface area contributed by atoms with Gasteiger partial charge >= 0.3 is 11.1 Å². The molecular weight excluding hydrogens is 322 g/mol. The van der Waals surface area contributed by atoms with Gasteiger partial charge in [-0.1, -0.05) is 6.42 Å². The van der Waals surface area contributed by atoms with Gasteiger partial charge in [-0.2, -0.15) is 0 Å². The van der Waals surface area contributed by atoms with Crippen molar-refractivity contribution in [3.05, 3.63) is 39.0 Å². The van der Waals surface area contributed by atoms with Crippen LogP contribution in [-0.2, 0) is 18.4 Å². The van der Waals surface area contributed by atoms with E-state index in [0.717, 1.165) is 19.6 Å². The average Bonchev–Trinajstić information content (AvgIpc) is 2.64. The van der Waals surface area contributed by atoms with Gasteiger partial charge in [0, 0.05) is 26.3 Å². The number of rotatable bonds is 5. The van der Waals surface area contributed by atoms with Gasteiger partial charge in [-0.05, 0) is 38.1 Å². The average molecular weight is 345 g/mol. The minimum atomic E-state index is -0.714.